The molecule has 0 bridgehead atoms. The number of nitrogens with one attached hydrogen (secondary N) is 1. The van der Waals surface area contributed by atoms with Gasteiger partial charge in [-0.1, -0.05) is 25.4 Å². The van der Waals surface area contributed by atoms with E-state index in [1.54, 1.807) is 6.07 Å². The number of benzene rings is 1. The Morgan fingerprint density at radius 2 is 2.03 bits per heavy atom. The molecule has 8 nitrogen and oxygen atoms in total. The zero-order valence-electron chi connectivity index (χ0n) is 15.3. The van der Waals surface area contributed by atoms with Crippen LogP contribution in [0.15, 0.2) is 34.3 Å². The summed E-state index contributed by atoms with van der Waals surface area (Å²) in [5.74, 6) is -2.55. The molecular weight excluding hydrogens is 403 g/mol. The second-order valence-corrected chi connectivity index (χ2v) is 6.89. The fourth-order valence-electron chi connectivity index (χ4n) is 2.65. The van der Waals surface area contributed by atoms with Crippen LogP contribution in [0.4, 0.5) is 10.1 Å². The molecule has 1 aliphatic rings. The number of Topliss-reactive ketones (excluding diaryl/α,β-unsaturated/α-hetero) is 1. The van der Waals surface area contributed by atoms with E-state index < -0.39 is 29.6 Å². The zero-order chi connectivity index (χ0) is 21.3. The molecule has 1 N–H and O–H groups in total. The molecule has 3 rings (SSSR count). The molecule has 2 heterocycles. The van der Waals surface area contributed by atoms with Crippen molar-refractivity contribution in [3.63, 3.8) is 0 Å². The Hall–Kier alpha value is -3.51. The van der Waals surface area contributed by atoms with Gasteiger partial charge in [0.05, 0.1) is 17.1 Å². The summed E-state index contributed by atoms with van der Waals surface area (Å²) in [4.78, 5) is 37.9. The van der Waals surface area contributed by atoms with Crippen LogP contribution in [0, 0.1) is 17.1 Å². The SMILES string of the molecule is CC(C)c1cc(Oc2c(F)cc(N3N=C(C#N)C(=O)CC3=O)cc2Cl)c[nH]c1=O. The molecule has 0 fully saturated rings. The number of hydrogen-bond donors (Lipinski definition) is 1. The van der Waals surface area contributed by atoms with Crippen LogP contribution in [-0.2, 0) is 9.59 Å². The highest BCUT2D eigenvalue weighted by Gasteiger charge is 2.29. The summed E-state index contributed by atoms with van der Waals surface area (Å²) < 4.78 is 20.2. The molecule has 1 aromatic heterocycles. The molecule has 0 saturated carbocycles. The number of carbonyl (C=O) groups is 2. The molecular formula is C19H14ClFN4O4. The third-order valence-corrected chi connectivity index (χ3v) is 4.37. The van der Waals surface area contributed by atoms with E-state index >= 15 is 0 Å². The van der Waals surface area contributed by atoms with Gasteiger partial charge in [0.15, 0.2) is 11.6 Å². The second-order valence-electron chi connectivity index (χ2n) is 6.48. The highest BCUT2D eigenvalue weighted by Crippen LogP contribution is 2.36. The standard InChI is InChI=1S/C19H14ClFN4O4/c1-9(2)12-5-11(8-23-19(12)28)29-18-13(20)3-10(4-14(18)21)25-17(27)6-16(26)15(7-22)24-25/h3-5,8-9H,6H2,1-2H3,(H,23,28). The molecule has 1 amide bonds. The second kappa shape index (κ2) is 7.85. The maximum Gasteiger partial charge on any atom is 0.255 e. The Bertz CT molecular complexity index is 1130. The fourth-order valence-corrected chi connectivity index (χ4v) is 2.89. The monoisotopic (exact) mass is 416 g/mol. The highest BCUT2D eigenvalue weighted by atomic mass is 35.5. The van der Waals surface area contributed by atoms with Gasteiger partial charge in [0, 0.05) is 17.8 Å². The van der Waals surface area contributed by atoms with E-state index in [1.807, 2.05) is 13.8 Å². The Morgan fingerprint density at radius 3 is 2.66 bits per heavy atom. The predicted molar refractivity (Wildman–Crippen MR) is 103 cm³/mol. The van der Waals surface area contributed by atoms with Crippen molar-refractivity contribution in [2.24, 2.45) is 5.10 Å². The lowest BCUT2D eigenvalue weighted by Crippen LogP contribution is -2.36. The molecule has 2 aromatic rings. The van der Waals surface area contributed by atoms with Gasteiger partial charge in [0.1, 0.15) is 11.8 Å². The van der Waals surface area contributed by atoms with Crippen LogP contribution in [0.5, 0.6) is 11.5 Å². The molecule has 29 heavy (non-hydrogen) atoms. The molecule has 0 aliphatic carbocycles. The summed E-state index contributed by atoms with van der Waals surface area (Å²) in [6, 6.07) is 5.25. The fraction of sp³-hybridized carbons (Fsp3) is 0.211. The van der Waals surface area contributed by atoms with E-state index in [9.17, 15) is 18.8 Å². The first-order chi connectivity index (χ1) is 13.7. The Labute approximate surface area is 169 Å². The van der Waals surface area contributed by atoms with Gasteiger partial charge in [-0.15, -0.1) is 0 Å². The van der Waals surface area contributed by atoms with Crippen LogP contribution in [0.25, 0.3) is 0 Å². The van der Waals surface area contributed by atoms with Gasteiger partial charge in [0.2, 0.25) is 11.5 Å². The van der Waals surface area contributed by atoms with Crippen molar-refractivity contribution in [1.29, 1.82) is 5.26 Å². The number of hydrogen-bond acceptors (Lipinski definition) is 6. The van der Waals surface area contributed by atoms with Gasteiger partial charge >= 0.3 is 0 Å². The summed E-state index contributed by atoms with van der Waals surface area (Å²) in [7, 11) is 0. The number of halogens is 2. The van der Waals surface area contributed by atoms with Gasteiger partial charge in [0.25, 0.3) is 11.5 Å². The minimum absolute atomic E-state index is 0.0607. The van der Waals surface area contributed by atoms with Crippen molar-refractivity contribution in [1.82, 2.24) is 4.98 Å². The largest absolute Gasteiger partial charge is 0.451 e. The zero-order valence-corrected chi connectivity index (χ0v) is 16.1. The number of aromatic nitrogens is 1. The normalized spacial score (nSPS) is 14.1. The minimum Gasteiger partial charge on any atom is -0.451 e. The summed E-state index contributed by atoms with van der Waals surface area (Å²) in [6.45, 7) is 3.65. The molecule has 0 unspecified atom stereocenters. The average molecular weight is 417 g/mol. The van der Waals surface area contributed by atoms with Gasteiger partial charge in [-0.25, -0.2) is 4.39 Å². The topological polar surface area (TPSA) is 116 Å². The summed E-state index contributed by atoms with van der Waals surface area (Å²) in [5.41, 5.74) is -0.346. The number of H-pyrrole nitrogens is 1. The van der Waals surface area contributed by atoms with Gasteiger partial charge in [-0.3, -0.25) is 14.4 Å². The van der Waals surface area contributed by atoms with E-state index in [0.717, 1.165) is 11.1 Å². The number of nitriles is 1. The molecule has 1 aliphatic heterocycles. The van der Waals surface area contributed by atoms with Crippen LogP contribution in [0.3, 0.4) is 0 Å². The molecule has 0 atom stereocenters. The molecule has 0 radical (unpaired) electrons. The van der Waals surface area contributed by atoms with Crippen LogP contribution in [0.1, 0.15) is 31.7 Å². The Balaban J connectivity index is 1.97. The quantitative estimate of drug-likeness (QED) is 0.768. The van der Waals surface area contributed by atoms with Crippen molar-refractivity contribution in [2.75, 3.05) is 5.01 Å². The number of carbonyl (C=O) groups excluding carboxylic acids is 2. The predicted octanol–water partition coefficient (Wildman–Crippen LogP) is 3.27. The van der Waals surface area contributed by atoms with Crippen molar-refractivity contribution < 1.29 is 18.7 Å². The molecule has 1 aromatic carbocycles. The van der Waals surface area contributed by atoms with E-state index in [0.29, 0.717) is 5.56 Å². The molecule has 148 valence electrons. The van der Waals surface area contributed by atoms with Gasteiger partial charge in [-0.05, 0) is 18.1 Å². The molecule has 0 spiro atoms. The van der Waals surface area contributed by atoms with Crippen LogP contribution in [-0.4, -0.2) is 22.4 Å². The Morgan fingerprint density at radius 1 is 1.31 bits per heavy atom. The number of rotatable bonds is 4. The minimum atomic E-state index is -0.900. The van der Waals surface area contributed by atoms with Crippen molar-refractivity contribution in [3.05, 3.63) is 51.2 Å². The lowest BCUT2D eigenvalue weighted by Gasteiger charge is -2.21. The Kier molecular flexibility index (Phi) is 5.48. The first-order valence-electron chi connectivity index (χ1n) is 8.45. The summed E-state index contributed by atoms with van der Waals surface area (Å²) >= 11 is 6.13. The molecule has 10 heteroatoms. The summed E-state index contributed by atoms with van der Waals surface area (Å²) in [6.07, 6.45) is 0.723. The lowest BCUT2D eigenvalue weighted by molar-refractivity contribution is -0.124. The van der Waals surface area contributed by atoms with Crippen LogP contribution < -0.4 is 15.3 Å². The number of hydrazone groups is 1. The number of amides is 1. The highest BCUT2D eigenvalue weighted by molar-refractivity contribution is 6.50. The first kappa shape index (κ1) is 20.2. The summed E-state index contributed by atoms with van der Waals surface area (Å²) in [5, 5.41) is 13.2. The maximum absolute atomic E-state index is 14.7. The van der Waals surface area contributed by atoms with Gasteiger partial charge < -0.3 is 9.72 Å². The van der Waals surface area contributed by atoms with Crippen molar-refractivity contribution in [3.8, 4) is 17.6 Å². The molecule has 0 saturated heterocycles. The third-order valence-electron chi connectivity index (χ3n) is 4.09. The number of anilines is 1. The van der Waals surface area contributed by atoms with Crippen LogP contribution in [0.2, 0.25) is 5.02 Å². The average Bonchev–Trinajstić information content (AvgIpc) is 2.65. The van der Waals surface area contributed by atoms with E-state index in [-0.39, 0.29) is 33.7 Å². The van der Waals surface area contributed by atoms with Crippen LogP contribution >= 0.6 is 11.6 Å². The van der Waals surface area contributed by atoms with Crippen molar-refractivity contribution >= 4 is 34.7 Å². The first-order valence-corrected chi connectivity index (χ1v) is 8.83. The number of aromatic amines is 1. The number of nitrogens with zero attached hydrogens (tertiary/aromatic N) is 3. The van der Waals surface area contributed by atoms with Gasteiger partial charge in [-0.2, -0.15) is 15.4 Å². The van der Waals surface area contributed by atoms with E-state index in [1.165, 1.54) is 18.3 Å². The van der Waals surface area contributed by atoms with E-state index in [4.69, 9.17) is 21.6 Å². The van der Waals surface area contributed by atoms with Crippen molar-refractivity contribution in [2.45, 2.75) is 26.2 Å². The maximum atomic E-state index is 14.7. The number of ether oxygens (including phenoxy) is 1. The lowest BCUT2D eigenvalue weighted by atomic mass is 10.1. The number of pyridine rings is 1. The third kappa shape index (κ3) is 4.02. The smallest absolute Gasteiger partial charge is 0.255 e. The van der Waals surface area contributed by atoms with E-state index in [2.05, 4.69) is 10.1 Å². The number of ketones is 1.